The fourth-order valence-electron chi connectivity index (χ4n) is 2.17. The second-order valence-electron chi connectivity index (χ2n) is 4.25. The molecule has 0 aromatic heterocycles. The molecule has 1 heterocycles. The van der Waals surface area contributed by atoms with Gasteiger partial charge in [0.05, 0.1) is 12.7 Å². The average Bonchev–Trinajstić information content (AvgIpc) is 2.39. The molecule has 1 aliphatic heterocycles. The number of Topliss-reactive ketones (excluding diaryl/α,β-unsaturated/α-hetero) is 1. The Hall–Kier alpha value is -0.870. The Labute approximate surface area is 110 Å². The minimum Gasteiger partial charge on any atom is -0.496 e. The van der Waals surface area contributed by atoms with Crippen LogP contribution >= 0.6 is 15.9 Å². The van der Waals surface area contributed by atoms with Crippen LogP contribution in [0.2, 0.25) is 0 Å². The molecule has 0 radical (unpaired) electrons. The number of ketones is 1. The van der Waals surface area contributed by atoms with Gasteiger partial charge in [0.1, 0.15) is 5.75 Å². The summed E-state index contributed by atoms with van der Waals surface area (Å²) in [5.41, 5.74) is 0.676. The molecule has 1 N–H and O–H groups in total. The first-order valence-corrected chi connectivity index (χ1v) is 6.60. The van der Waals surface area contributed by atoms with Crippen molar-refractivity contribution < 1.29 is 9.53 Å². The monoisotopic (exact) mass is 297 g/mol. The zero-order chi connectivity index (χ0) is 12.3. The van der Waals surface area contributed by atoms with Gasteiger partial charge in [-0.3, -0.25) is 4.79 Å². The zero-order valence-corrected chi connectivity index (χ0v) is 11.4. The first-order chi connectivity index (χ1) is 8.22. The van der Waals surface area contributed by atoms with Crippen LogP contribution in [0.15, 0.2) is 22.7 Å². The van der Waals surface area contributed by atoms with Crippen molar-refractivity contribution in [2.45, 2.75) is 12.8 Å². The molecule has 1 aromatic rings. The number of halogens is 1. The maximum absolute atomic E-state index is 12.4. The maximum atomic E-state index is 12.4. The quantitative estimate of drug-likeness (QED) is 0.872. The third kappa shape index (κ3) is 2.87. The van der Waals surface area contributed by atoms with Crippen molar-refractivity contribution in [3.8, 4) is 5.75 Å². The van der Waals surface area contributed by atoms with Crippen LogP contribution in [0.25, 0.3) is 0 Å². The van der Waals surface area contributed by atoms with E-state index in [1.807, 2.05) is 18.2 Å². The van der Waals surface area contributed by atoms with Gasteiger partial charge < -0.3 is 10.1 Å². The molecule has 0 aliphatic carbocycles. The Balaban J connectivity index is 2.25. The maximum Gasteiger partial charge on any atom is 0.170 e. The van der Waals surface area contributed by atoms with Crippen LogP contribution in [0, 0.1) is 5.92 Å². The van der Waals surface area contributed by atoms with Gasteiger partial charge in [-0.15, -0.1) is 0 Å². The van der Waals surface area contributed by atoms with E-state index >= 15 is 0 Å². The van der Waals surface area contributed by atoms with Crippen molar-refractivity contribution in [1.29, 1.82) is 0 Å². The summed E-state index contributed by atoms with van der Waals surface area (Å²) < 4.78 is 6.16. The number of rotatable bonds is 3. The molecule has 4 heteroatoms. The first kappa shape index (κ1) is 12.6. The van der Waals surface area contributed by atoms with Gasteiger partial charge in [0, 0.05) is 16.9 Å². The van der Waals surface area contributed by atoms with Crippen LogP contribution in [0.3, 0.4) is 0 Å². The fraction of sp³-hybridized carbons (Fsp3) is 0.462. The van der Waals surface area contributed by atoms with E-state index in [9.17, 15) is 4.79 Å². The molecule has 1 aromatic carbocycles. The number of hydrogen-bond donors (Lipinski definition) is 1. The second-order valence-corrected chi connectivity index (χ2v) is 5.17. The van der Waals surface area contributed by atoms with E-state index in [1.165, 1.54) is 0 Å². The van der Waals surface area contributed by atoms with Crippen LogP contribution in [-0.2, 0) is 0 Å². The number of ether oxygens (including phenoxy) is 1. The molecule has 1 aliphatic rings. The topological polar surface area (TPSA) is 38.3 Å². The van der Waals surface area contributed by atoms with E-state index in [0.717, 1.165) is 30.4 Å². The summed E-state index contributed by atoms with van der Waals surface area (Å²) in [4.78, 5) is 12.4. The fourth-order valence-corrected chi connectivity index (χ4v) is 2.53. The lowest BCUT2D eigenvalue weighted by Crippen LogP contribution is -2.34. The van der Waals surface area contributed by atoms with Crippen molar-refractivity contribution >= 4 is 21.7 Å². The summed E-state index contributed by atoms with van der Waals surface area (Å²) in [5, 5.41) is 3.26. The molecule has 0 amide bonds. The number of piperidine rings is 1. The molecule has 1 unspecified atom stereocenters. The molecule has 17 heavy (non-hydrogen) atoms. The number of carbonyl (C=O) groups is 1. The van der Waals surface area contributed by atoms with Crippen molar-refractivity contribution in [1.82, 2.24) is 5.32 Å². The first-order valence-electron chi connectivity index (χ1n) is 5.81. The normalized spacial score (nSPS) is 20.0. The Morgan fingerprint density at radius 1 is 1.53 bits per heavy atom. The molecule has 2 rings (SSSR count). The average molecular weight is 298 g/mol. The van der Waals surface area contributed by atoms with Crippen LogP contribution in [0.4, 0.5) is 0 Å². The standard InChI is InChI=1S/C13H16BrNO2/c1-17-12-5-4-10(14)7-11(12)13(16)9-3-2-6-15-8-9/h4-5,7,9,15H,2-3,6,8H2,1H3. The predicted octanol–water partition coefficient (Wildman–Crippen LogP) is 2.64. The van der Waals surface area contributed by atoms with Gasteiger partial charge in [0.15, 0.2) is 5.78 Å². The molecular weight excluding hydrogens is 282 g/mol. The van der Waals surface area contributed by atoms with Crippen molar-refractivity contribution in [3.63, 3.8) is 0 Å². The Bertz CT molecular complexity index is 414. The van der Waals surface area contributed by atoms with Crippen molar-refractivity contribution in [2.24, 2.45) is 5.92 Å². The predicted molar refractivity (Wildman–Crippen MR) is 70.6 cm³/mol. The third-order valence-corrected chi connectivity index (χ3v) is 3.59. The summed E-state index contributed by atoms with van der Waals surface area (Å²) in [5.74, 6) is 0.908. The molecule has 1 atom stereocenters. The minimum atomic E-state index is 0.0759. The lowest BCUT2D eigenvalue weighted by molar-refractivity contribution is 0.0896. The van der Waals surface area contributed by atoms with Crippen LogP contribution < -0.4 is 10.1 Å². The van der Waals surface area contributed by atoms with Crippen LogP contribution in [0.1, 0.15) is 23.2 Å². The number of nitrogens with one attached hydrogen (secondary N) is 1. The lowest BCUT2D eigenvalue weighted by atomic mass is 9.90. The summed E-state index contributed by atoms with van der Waals surface area (Å²) in [6, 6.07) is 5.55. The second kappa shape index (κ2) is 5.65. The van der Waals surface area contributed by atoms with Gasteiger partial charge in [-0.25, -0.2) is 0 Å². The summed E-state index contributed by atoms with van der Waals surface area (Å²) in [7, 11) is 1.60. The van der Waals surface area contributed by atoms with Gasteiger partial charge >= 0.3 is 0 Å². The molecule has 1 fully saturated rings. The Kier molecular flexibility index (Phi) is 4.18. The van der Waals surface area contributed by atoms with E-state index in [-0.39, 0.29) is 11.7 Å². The molecular formula is C13H16BrNO2. The summed E-state index contributed by atoms with van der Waals surface area (Å²) >= 11 is 3.39. The van der Waals surface area contributed by atoms with Gasteiger partial charge in [-0.2, -0.15) is 0 Å². The molecule has 3 nitrogen and oxygen atoms in total. The Morgan fingerprint density at radius 3 is 3.00 bits per heavy atom. The van der Waals surface area contributed by atoms with E-state index < -0.39 is 0 Å². The van der Waals surface area contributed by atoms with E-state index in [0.29, 0.717) is 11.3 Å². The van der Waals surface area contributed by atoms with Gasteiger partial charge in [0.2, 0.25) is 0 Å². The minimum absolute atomic E-state index is 0.0759. The number of methoxy groups -OCH3 is 1. The highest BCUT2D eigenvalue weighted by molar-refractivity contribution is 9.10. The lowest BCUT2D eigenvalue weighted by Gasteiger charge is -2.22. The smallest absolute Gasteiger partial charge is 0.170 e. The summed E-state index contributed by atoms with van der Waals surface area (Å²) in [6.45, 7) is 1.79. The van der Waals surface area contributed by atoms with E-state index in [1.54, 1.807) is 7.11 Å². The number of hydrogen-bond acceptors (Lipinski definition) is 3. The SMILES string of the molecule is COc1ccc(Br)cc1C(=O)C1CCCNC1. The number of carbonyl (C=O) groups excluding carboxylic acids is 1. The van der Waals surface area contributed by atoms with Gasteiger partial charge in [0.25, 0.3) is 0 Å². The molecule has 0 bridgehead atoms. The highest BCUT2D eigenvalue weighted by Crippen LogP contribution is 2.27. The van der Waals surface area contributed by atoms with Crippen molar-refractivity contribution in [3.05, 3.63) is 28.2 Å². The van der Waals surface area contributed by atoms with Crippen LogP contribution in [0.5, 0.6) is 5.75 Å². The third-order valence-electron chi connectivity index (χ3n) is 3.09. The van der Waals surface area contributed by atoms with E-state index in [2.05, 4.69) is 21.2 Å². The Morgan fingerprint density at radius 2 is 2.35 bits per heavy atom. The highest BCUT2D eigenvalue weighted by atomic mass is 79.9. The van der Waals surface area contributed by atoms with Crippen LogP contribution in [-0.4, -0.2) is 26.0 Å². The van der Waals surface area contributed by atoms with Gasteiger partial charge in [-0.05, 0) is 37.6 Å². The molecule has 0 spiro atoms. The van der Waals surface area contributed by atoms with Gasteiger partial charge in [-0.1, -0.05) is 15.9 Å². The molecule has 1 saturated heterocycles. The number of benzene rings is 1. The molecule has 0 saturated carbocycles. The largest absolute Gasteiger partial charge is 0.496 e. The van der Waals surface area contributed by atoms with E-state index in [4.69, 9.17) is 4.74 Å². The zero-order valence-electron chi connectivity index (χ0n) is 9.83. The summed E-state index contributed by atoms with van der Waals surface area (Å²) in [6.07, 6.45) is 2.02. The molecule has 92 valence electrons. The van der Waals surface area contributed by atoms with Crippen molar-refractivity contribution in [2.75, 3.05) is 20.2 Å². The highest BCUT2D eigenvalue weighted by Gasteiger charge is 2.24.